The third kappa shape index (κ3) is 1.91. The van der Waals surface area contributed by atoms with E-state index in [2.05, 4.69) is 0 Å². The van der Waals surface area contributed by atoms with E-state index in [4.69, 9.17) is 0 Å². The maximum Gasteiger partial charge on any atom is 0.227 e. The Morgan fingerprint density at radius 3 is 2.50 bits per heavy atom. The lowest BCUT2D eigenvalue weighted by molar-refractivity contribution is -0.310. The maximum atomic E-state index is 11.6. The summed E-state index contributed by atoms with van der Waals surface area (Å²) >= 11 is 0. The predicted octanol–water partition coefficient (Wildman–Crippen LogP) is 0.0978. The lowest BCUT2D eigenvalue weighted by Crippen LogP contribution is -2.33. The summed E-state index contributed by atoms with van der Waals surface area (Å²) in [5, 5.41) is 10.7. The van der Waals surface area contributed by atoms with Crippen molar-refractivity contribution in [3.05, 3.63) is 29.8 Å². The number of carboxylic acid groups (broad SMARTS) is 1. The molecule has 1 saturated heterocycles. The highest BCUT2D eigenvalue weighted by Crippen LogP contribution is 2.24. The van der Waals surface area contributed by atoms with Crippen molar-refractivity contribution in [2.45, 2.75) is 13.3 Å². The van der Waals surface area contributed by atoms with Crippen molar-refractivity contribution in [1.29, 1.82) is 0 Å². The molecule has 1 aromatic rings. The van der Waals surface area contributed by atoms with Crippen LogP contribution in [0.3, 0.4) is 0 Å². The van der Waals surface area contributed by atoms with Crippen LogP contribution in [0.1, 0.15) is 12.0 Å². The minimum Gasteiger partial charge on any atom is -0.550 e. The Kier molecular flexibility index (Phi) is 2.64. The molecule has 2 rings (SSSR count). The summed E-state index contributed by atoms with van der Waals surface area (Å²) in [6.45, 7) is 2.17. The van der Waals surface area contributed by atoms with Gasteiger partial charge in [0, 0.05) is 30.5 Å². The summed E-state index contributed by atoms with van der Waals surface area (Å²) in [6.07, 6.45) is 0.0379. The number of benzene rings is 1. The Hall–Kier alpha value is -1.84. The van der Waals surface area contributed by atoms with E-state index in [0.717, 1.165) is 11.3 Å². The summed E-state index contributed by atoms with van der Waals surface area (Å²) in [5.41, 5.74) is 1.85. The van der Waals surface area contributed by atoms with Crippen LogP contribution in [-0.4, -0.2) is 18.4 Å². The lowest BCUT2D eigenvalue weighted by atomic mass is 10.1. The van der Waals surface area contributed by atoms with Gasteiger partial charge in [0.2, 0.25) is 5.91 Å². The van der Waals surface area contributed by atoms with Crippen LogP contribution < -0.4 is 10.0 Å². The highest BCUT2D eigenvalue weighted by molar-refractivity contribution is 5.98. The molecular weight excluding hydrogens is 206 g/mol. The third-order valence-electron chi connectivity index (χ3n) is 2.80. The topological polar surface area (TPSA) is 60.4 Å². The van der Waals surface area contributed by atoms with Crippen LogP contribution in [-0.2, 0) is 9.59 Å². The van der Waals surface area contributed by atoms with Crippen molar-refractivity contribution in [2.24, 2.45) is 5.92 Å². The van der Waals surface area contributed by atoms with Crippen LogP contribution in [0.2, 0.25) is 0 Å². The average Bonchev–Trinajstić information content (AvgIpc) is 2.62. The Labute approximate surface area is 93.5 Å². The first-order valence-corrected chi connectivity index (χ1v) is 5.16. The second kappa shape index (κ2) is 3.96. The molecule has 1 amide bonds. The van der Waals surface area contributed by atoms with E-state index in [1.165, 1.54) is 4.90 Å². The fraction of sp³-hybridized carbons (Fsp3) is 0.333. The molecular formula is C12H12NO3-. The van der Waals surface area contributed by atoms with Crippen LogP contribution in [0.5, 0.6) is 0 Å². The van der Waals surface area contributed by atoms with E-state index < -0.39 is 11.9 Å². The average molecular weight is 218 g/mol. The Balaban J connectivity index is 2.20. The smallest absolute Gasteiger partial charge is 0.227 e. The number of rotatable bonds is 2. The molecule has 4 heteroatoms. The minimum absolute atomic E-state index is 0.0379. The fourth-order valence-corrected chi connectivity index (χ4v) is 1.84. The second-order valence-electron chi connectivity index (χ2n) is 4.06. The van der Waals surface area contributed by atoms with Gasteiger partial charge < -0.3 is 14.8 Å². The number of anilines is 1. The number of amides is 1. The molecule has 1 aromatic carbocycles. The number of hydrogen-bond donors (Lipinski definition) is 0. The molecule has 1 aliphatic rings. The molecule has 1 aliphatic heterocycles. The zero-order chi connectivity index (χ0) is 11.7. The normalized spacial score (nSPS) is 20.2. The van der Waals surface area contributed by atoms with Crippen molar-refractivity contribution in [3.8, 4) is 0 Å². The molecule has 1 unspecified atom stereocenters. The second-order valence-corrected chi connectivity index (χ2v) is 4.06. The maximum absolute atomic E-state index is 11.6. The van der Waals surface area contributed by atoms with Gasteiger partial charge in [-0.15, -0.1) is 0 Å². The number of carbonyl (C=O) groups is 2. The predicted molar refractivity (Wildman–Crippen MR) is 56.6 cm³/mol. The molecule has 1 atom stereocenters. The van der Waals surface area contributed by atoms with Gasteiger partial charge in [-0.05, 0) is 19.1 Å². The molecule has 16 heavy (non-hydrogen) atoms. The van der Waals surface area contributed by atoms with Gasteiger partial charge in [-0.3, -0.25) is 4.79 Å². The SMILES string of the molecule is Cc1ccc(N2CC(C(=O)[O-])CC2=O)cc1. The standard InChI is InChI=1S/C12H13NO3/c1-8-2-4-10(5-3-8)13-7-9(12(15)16)6-11(13)14/h2-5,9H,6-7H2,1H3,(H,15,16)/p-1. The molecule has 0 saturated carbocycles. The van der Waals surface area contributed by atoms with Crippen LogP contribution in [0.4, 0.5) is 5.69 Å². The van der Waals surface area contributed by atoms with Gasteiger partial charge in [-0.1, -0.05) is 17.7 Å². The van der Waals surface area contributed by atoms with Crippen LogP contribution in [0.25, 0.3) is 0 Å². The van der Waals surface area contributed by atoms with Crippen molar-refractivity contribution >= 4 is 17.6 Å². The van der Waals surface area contributed by atoms with E-state index in [1.807, 2.05) is 31.2 Å². The zero-order valence-corrected chi connectivity index (χ0v) is 8.97. The summed E-state index contributed by atoms with van der Waals surface area (Å²) in [7, 11) is 0. The van der Waals surface area contributed by atoms with Gasteiger partial charge in [0.15, 0.2) is 0 Å². The van der Waals surface area contributed by atoms with Crippen molar-refractivity contribution in [2.75, 3.05) is 11.4 Å². The first-order valence-electron chi connectivity index (χ1n) is 5.16. The number of carboxylic acids is 1. The molecule has 0 radical (unpaired) electrons. The molecule has 84 valence electrons. The number of nitrogens with zero attached hydrogens (tertiary/aromatic N) is 1. The summed E-state index contributed by atoms with van der Waals surface area (Å²) in [6, 6.07) is 7.44. The largest absolute Gasteiger partial charge is 0.550 e. The number of aliphatic carboxylic acids is 1. The van der Waals surface area contributed by atoms with E-state index in [1.54, 1.807) is 0 Å². The highest BCUT2D eigenvalue weighted by atomic mass is 16.4. The third-order valence-corrected chi connectivity index (χ3v) is 2.80. The van der Waals surface area contributed by atoms with Gasteiger partial charge in [-0.2, -0.15) is 0 Å². The quantitative estimate of drug-likeness (QED) is 0.707. The minimum atomic E-state index is -1.15. The Bertz CT molecular complexity index is 424. The van der Waals surface area contributed by atoms with Crippen molar-refractivity contribution < 1.29 is 14.7 Å². The van der Waals surface area contributed by atoms with E-state index >= 15 is 0 Å². The van der Waals surface area contributed by atoms with Crippen LogP contribution in [0.15, 0.2) is 24.3 Å². The van der Waals surface area contributed by atoms with Gasteiger partial charge in [0.25, 0.3) is 0 Å². The van der Waals surface area contributed by atoms with Gasteiger partial charge in [0.1, 0.15) is 0 Å². The molecule has 0 spiro atoms. The molecule has 1 fully saturated rings. The zero-order valence-electron chi connectivity index (χ0n) is 8.97. The molecule has 0 aliphatic carbocycles. The molecule has 0 aromatic heterocycles. The van der Waals surface area contributed by atoms with Crippen LogP contribution >= 0.6 is 0 Å². The Morgan fingerprint density at radius 2 is 2.00 bits per heavy atom. The first kappa shape index (κ1) is 10.7. The lowest BCUT2D eigenvalue weighted by Gasteiger charge is -2.17. The molecule has 4 nitrogen and oxygen atoms in total. The fourth-order valence-electron chi connectivity index (χ4n) is 1.84. The van der Waals surface area contributed by atoms with Gasteiger partial charge in [-0.25, -0.2) is 0 Å². The molecule has 0 bridgehead atoms. The van der Waals surface area contributed by atoms with E-state index in [-0.39, 0.29) is 18.9 Å². The van der Waals surface area contributed by atoms with Crippen molar-refractivity contribution in [3.63, 3.8) is 0 Å². The number of aryl methyl sites for hydroxylation is 1. The summed E-state index contributed by atoms with van der Waals surface area (Å²) in [5.74, 6) is -1.99. The van der Waals surface area contributed by atoms with Gasteiger partial charge in [0.05, 0.1) is 0 Å². The van der Waals surface area contributed by atoms with E-state index in [0.29, 0.717) is 0 Å². The van der Waals surface area contributed by atoms with Crippen LogP contribution in [0, 0.1) is 12.8 Å². The van der Waals surface area contributed by atoms with Crippen molar-refractivity contribution in [1.82, 2.24) is 0 Å². The first-order chi connectivity index (χ1) is 7.58. The van der Waals surface area contributed by atoms with E-state index in [9.17, 15) is 14.7 Å². The summed E-state index contributed by atoms with van der Waals surface area (Å²) < 4.78 is 0. The summed E-state index contributed by atoms with van der Waals surface area (Å²) in [4.78, 5) is 23.8. The highest BCUT2D eigenvalue weighted by Gasteiger charge is 2.31. The Morgan fingerprint density at radius 1 is 1.38 bits per heavy atom. The number of hydrogen-bond acceptors (Lipinski definition) is 3. The molecule has 0 N–H and O–H groups in total. The molecule has 1 heterocycles. The van der Waals surface area contributed by atoms with Gasteiger partial charge >= 0.3 is 0 Å². The monoisotopic (exact) mass is 218 g/mol. The number of carbonyl (C=O) groups excluding carboxylic acids is 2.